The molecule has 0 spiro atoms. The summed E-state index contributed by atoms with van der Waals surface area (Å²) in [6, 6.07) is 11.9. The van der Waals surface area contributed by atoms with Gasteiger partial charge in [-0.3, -0.25) is 4.79 Å². The van der Waals surface area contributed by atoms with E-state index in [0.29, 0.717) is 0 Å². The van der Waals surface area contributed by atoms with Crippen LogP contribution in [0.5, 0.6) is 0 Å². The molecule has 6 heteroatoms. The lowest BCUT2D eigenvalue weighted by molar-refractivity contribution is -0.137. The van der Waals surface area contributed by atoms with Crippen LogP contribution >= 0.6 is 0 Å². The zero-order valence-corrected chi connectivity index (χ0v) is 14.2. The van der Waals surface area contributed by atoms with Crippen LogP contribution < -0.4 is 5.43 Å². The number of halogens is 3. The Morgan fingerprint density at radius 3 is 2.20 bits per heavy atom. The molecule has 0 heterocycles. The van der Waals surface area contributed by atoms with Crippen LogP contribution in [0.25, 0.3) is 0 Å². The lowest BCUT2D eigenvalue weighted by Crippen LogP contribution is -2.18. The van der Waals surface area contributed by atoms with Gasteiger partial charge in [-0.1, -0.05) is 51.1 Å². The molecule has 2 rings (SSSR count). The molecule has 0 aliphatic heterocycles. The average Bonchev–Trinajstić information content (AvgIpc) is 2.54. The van der Waals surface area contributed by atoms with E-state index in [-0.39, 0.29) is 11.0 Å². The van der Waals surface area contributed by atoms with Crippen LogP contribution in [0.1, 0.15) is 47.8 Å². The Morgan fingerprint density at radius 2 is 1.64 bits per heavy atom. The smallest absolute Gasteiger partial charge is 0.267 e. The number of carbonyl (C=O) groups is 1. The van der Waals surface area contributed by atoms with Gasteiger partial charge in [0.25, 0.3) is 5.91 Å². The lowest BCUT2D eigenvalue weighted by atomic mass is 9.87. The van der Waals surface area contributed by atoms with Crippen LogP contribution in [0.3, 0.4) is 0 Å². The molecule has 132 valence electrons. The van der Waals surface area contributed by atoms with Crippen molar-refractivity contribution in [3.63, 3.8) is 0 Å². The highest BCUT2D eigenvalue weighted by Gasteiger charge is 2.30. The van der Waals surface area contributed by atoms with Crippen molar-refractivity contribution in [3.05, 3.63) is 70.8 Å². The fourth-order valence-electron chi connectivity index (χ4n) is 2.14. The first kappa shape index (κ1) is 18.7. The van der Waals surface area contributed by atoms with Crippen molar-refractivity contribution in [2.45, 2.75) is 32.4 Å². The summed E-state index contributed by atoms with van der Waals surface area (Å²) in [6.07, 6.45) is -3.05. The predicted molar refractivity (Wildman–Crippen MR) is 91.6 cm³/mol. The monoisotopic (exact) mass is 348 g/mol. The van der Waals surface area contributed by atoms with E-state index in [0.717, 1.165) is 23.3 Å². The number of hydrazone groups is 1. The highest BCUT2D eigenvalue weighted by molar-refractivity contribution is 5.95. The molecule has 0 aromatic heterocycles. The summed E-state index contributed by atoms with van der Waals surface area (Å²) in [4.78, 5) is 11.9. The van der Waals surface area contributed by atoms with Crippen molar-refractivity contribution in [1.82, 2.24) is 5.43 Å². The number of benzene rings is 2. The second-order valence-corrected chi connectivity index (χ2v) is 6.65. The number of carbonyl (C=O) groups excluding carboxylic acids is 1. The molecule has 0 radical (unpaired) electrons. The van der Waals surface area contributed by atoms with E-state index in [9.17, 15) is 18.0 Å². The molecule has 0 saturated carbocycles. The van der Waals surface area contributed by atoms with Gasteiger partial charge in [-0.25, -0.2) is 5.43 Å². The largest absolute Gasteiger partial charge is 0.416 e. The summed E-state index contributed by atoms with van der Waals surface area (Å²) in [6.45, 7) is 6.31. The molecule has 0 unspecified atom stereocenters. The maximum atomic E-state index is 12.7. The molecular weight excluding hydrogens is 329 g/mol. The summed E-state index contributed by atoms with van der Waals surface area (Å²) in [5.74, 6) is -0.700. The fraction of sp³-hybridized carbons (Fsp3) is 0.263. The van der Waals surface area contributed by atoms with E-state index in [1.807, 2.05) is 24.3 Å². The molecule has 3 nitrogen and oxygen atoms in total. The van der Waals surface area contributed by atoms with Crippen LogP contribution in [-0.4, -0.2) is 12.1 Å². The van der Waals surface area contributed by atoms with E-state index >= 15 is 0 Å². The van der Waals surface area contributed by atoms with Gasteiger partial charge in [-0.05, 0) is 34.7 Å². The van der Waals surface area contributed by atoms with Crippen LogP contribution in [0.4, 0.5) is 13.2 Å². The first-order chi connectivity index (χ1) is 11.6. The van der Waals surface area contributed by atoms with E-state index < -0.39 is 17.6 Å². The number of nitrogens with one attached hydrogen (secondary N) is 1. The molecule has 1 amide bonds. The predicted octanol–water partition coefficient (Wildman–Crippen LogP) is 4.77. The number of nitrogens with zero attached hydrogens (tertiary/aromatic N) is 1. The van der Waals surface area contributed by atoms with Crippen molar-refractivity contribution >= 4 is 12.1 Å². The molecule has 0 atom stereocenters. The minimum absolute atomic E-state index is 0.0351. The first-order valence-electron chi connectivity index (χ1n) is 7.68. The number of alkyl halides is 3. The quantitative estimate of drug-likeness (QED) is 0.630. The Bertz CT molecular complexity index is 772. The SMILES string of the molecule is CC(C)(C)c1ccc(/C=N\NC(=O)c2cccc(C(F)(F)F)c2)cc1. The fourth-order valence-corrected chi connectivity index (χ4v) is 2.14. The van der Waals surface area contributed by atoms with Crippen molar-refractivity contribution in [3.8, 4) is 0 Å². The van der Waals surface area contributed by atoms with E-state index in [2.05, 4.69) is 31.3 Å². The molecule has 0 fully saturated rings. The minimum Gasteiger partial charge on any atom is -0.267 e. The van der Waals surface area contributed by atoms with Crippen LogP contribution in [0.15, 0.2) is 53.6 Å². The Labute approximate surface area is 144 Å². The molecule has 25 heavy (non-hydrogen) atoms. The van der Waals surface area contributed by atoms with E-state index in [1.54, 1.807) is 0 Å². The molecule has 1 N–H and O–H groups in total. The Kier molecular flexibility index (Phi) is 5.30. The number of hydrogen-bond acceptors (Lipinski definition) is 2. The summed E-state index contributed by atoms with van der Waals surface area (Å²) >= 11 is 0. The summed E-state index contributed by atoms with van der Waals surface area (Å²) in [5.41, 5.74) is 3.23. The summed E-state index contributed by atoms with van der Waals surface area (Å²) < 4.78 is 38.0. The summed E-state index contributed by atoms with van der Waals surface area (Å²) in [5, 5.41) is 3.80. The van der Waals surface area contributed by atoms with Gasteiger partial charge >= 0.3 is 6.18 Å². The molecule has 2 aromatic carbocycles. The molecule has 0 aliphatic carbocycles. The van der Waals surface area contributed by atoms with Crippen LogP contribution in [0, 0.1) is 0 Å². The Hall–Kier alpha value is -2.63. The van der Waals surface area contributed by atoms with Gasteiger partial charge in [0.15, 0.2) is 0 Å². The van der Waals surface area contributed by atoms with Gasteiger partial charge in [0.1, 0.15) is 0 Å². The minimum atomic E-state index is -4.49. The maximum absolute atomic E-state index is 12.7. The van der Waals surface area contributed by atoms with Crippen molar-refractivity contribution in [2.24, 2.45) is 5.10 Å². The highest BCUT2D eigenvalue weighted by Crippen LogP contribution is 2.29. The molecule has 2 aromatic rings. The van der Waals surface area contributed by atoms with Crippen LogP contribution in [-0.2, 0) is 11.6 Å². The Morgan fingerprint density at radius 1 is 1.00 bits per heavy atom. The third-order valence-corrected chi connectivity index (χ3v) is 3.61. The van der Waals surface area contributed by atoms with E-state index in [4.69, 9.17) is 0 Å². The maximum Gasteiger partial charge on any atom is 0.416 e. The average molecular weight is 348 g/mol. The second kappa shape index (κ2) is 7.09. The number of rotatable bonds is 3. The van der Waals surface area contributed by atoms with Gasteiger partial charge in [-0.2, -0.15) is 18.3 Å². The van der Waals surface area contributed by atoms with Gasteiger partial charge in [0.05, 0.1) is 11.8 Å². The van der Waals surface area contributed by atoms with Gasteiger partial charge in [-0.15, -0.1) is 0 Å². The van der Waals surface area contributed by atoms with Gasteiger partial charge in [0, 0.05) is 5.56 Å². The highest BCUT2D eigenvalue weighted by atomic mass is 19.4. The lowest BCUT2D eigenvalue weighted by Gasteiger charge is -2.18. The third kappa shape index (κ3) is 5.17. The zero-order valence-electron chi connectivity index (χ0n) is 14.2. The third-order valence-electron chi connectivity index (χ3n) is 3.61. The van der Waals surface area contributed by atoms with E-state index in [1.165, 1.54) is 18.3 Å². The first-order valence-corrected chi connectivity index (χ1v) is 7.68. The van der Waals surface area contributed by atoms with Gasteiger partial charge < -0.3 is 0 Å². The molecular formula is C19H19F3N2O. The normalized spacial score (nSPS) is 12.4. The standard InChI is InChI=1S/C19H19F3N2O/c1-18(2,3)15-9-7-13(8-10-15)12-23-24-17(25)14-5-4-6-16(11-14)19(20,21)22/h4-12H,1-3H3,(H,24,25)/b23-12-. The second-order valence-electron chi connectivity index (χ2n) is 6.65. The topological polar surface area (TPSA) is 41.5 Å². The summed E-state index contributed by atoms with van der Waals surface area (Å²) in [7, 11) is 0. The van der Waals surface area contributed by atoms with Crippen molar-refractivity contribution < 1.29 is 18.0 Å². The number of hydrogen-bond donors (Lipinski definition) is 1. The van der Waals surface area contributed by atoms with Gasteiger partial charge in [0.2, 0.25) is 0 Å². The molecule has 0 aliphatic rings. The van der Waals surface area contributed by atoms with Crippen LogP contribution in [0.2, 0.25) is 0 Å². The van der Waals surface area contributed by atoms with Crippen molar-refractivity contribution in [1.29, 1.82) is 0 Å². The molecule has 0 saturated heterocycles. The van der Waals surface area contributed by atoms with Crippen molar-refractivity contribution in [2.75, 3.05) is 0 Å². The molecule has 0 bridgehead atoms. The number of amides is 1. The zero-order chi connectivity index (χ0) is 18.7. The Balaban J connectivity index is 2.03.